The smallest absolute Gasteiger partial charge is 0.240 e. The van der Waals surface area contributed by atoms with Gasteiger partial charge in [-0.05, 0) is 31.5 Å². The summed E-state index contributed by atoms with van der Waals surface area (Å²) in [7, 11) is -3.68. The summed E-state index contributed by atoms with van der Waals surface area (Å²) in [5.41, 5.74) is 11.9. The lowest BCUT2D eigenvalue weighted by Crippen LogP contribution is -2.35. The van der Waals surface area contributed by atoms with E-state index in [2.05, 4.69) is 4.72 Å². The van der Waals surface area contributed by atoms with Crippen LogP contribution in [0.15, 0.2) is 23.1 Å². The van der Waals surface area contributed by atoms with Crippen molar-refractivity contribution in [3.63, 3.8) is 0 Å². The highest BCUT2D eigenvalue weighted by Crippen LogP contribution is 2.17. The highest BCUT2D eigenvalue weighted by atomic mass is 32.2. The van der Waals surface area contributed by atoms with E-state index in [1.807, 2.05) is 0 Å². The largest absolute Gasteiger partial charge is 0.398 e. The van der Waals surface area contributed by atoms with Crippen LogP contribution in [0.4, 0.5) is 5.69 Å². The van der Waals surface area contributed by atoms with Gasteiger partial charge in [0.15, 0.2) is 0 Å². The third kappa shape index (κ3) is 3.71. The summed E-state index contributed by atoms with van der Waals surface area (Å²) < 4.78 is 26.3. The fraction of sp³-hybridized carbons (Fsp3) is 0.364. The summed E-state index contributed by atoms with van der Waals surface area (Å²) in [6, 6.07) is 3.91. The average molecular weight is 271 g/mol. The number of rotatable bonds is 5. The molecule has 0 aliphatic heterocycles. The number of nitrogen functional groups attached to an aromatic ring is 1. The molecule has 0 saturated heterocycles. The Morgan fingerprint density at radius 2 is 2.06 bits per heavy atom. The van der Waals surface area contributed by atoms with Crippen LogP contribution in [0.3, 0.4) is 0 Å². The van der Waals surface area contributed by atoms with Gasteiger partial charge in [0.1, 0.15) is 0 Å². The Kier molecular flexibility index (Phi) is 4.31. The van der Waals surface area contributed by atoms with Gasteiger partial charge < -0.3 is 11.5 Å². The third-order valence-corrected chi connectivity index (χ3v) is 4.01. The Hall–Kier alpha value is -1.60. The Morgan fingerprint density at radius 1 is 1.44 bits per heavy atom. The van der Waals surface area contributed by atoms with Crippen LogP contribution in [0.5, 0.6) is 0 Å². The fourth-order valence-corrected chi connectivity index (χ4v) is 2.74. The van der Waals surface area contributed by atoms with Gasteiger partial charge in [-0.25, -0.2) is 13.1 Å². The van der Waals surface area contributed by atoms with Crippen LogP contribution in [0.1, 0.15) is 18.9 Å². The highest BCUT2D eigenvalue weighted by Gasteiger charge is 2.18. The molecule has 6 nitrogen and oxygen atoms in total. The molecule has 0 aliphatic carbocycles. The van der Waals surface area contributed by atoms with Crippen LogP contribution in [-0.2, 0) is 14.8 Å². The van der Waals surface area contributed by atoms with Crippen molar-refractivity contribution in [3.8, 4) is 0 Å². The van der Waals surface area contributed by atoms with Crippen LogP contribution in [0.25, 0.3) is 0 Å². The molecule has 0 heterocycles. The topological polar surface area (TPSA) is 115 Å². The summed E-state index contributed by atoms with van der Waals surface area (Å²) in [5, 5.41) is 0. The fourth-order valence-electron chi connectivity index (χ4n) is 1.46. The van der Waals surface area contributed by atoms with E-state index in [0.29, 0.717) is 5.69 Å². The molecular weight excluding hydrogens is 254 g/mol. The maximum Gasteiger partial charge on any atom is 0.240 e. The minimum atomic E-state index is -3.68. The van der Waals surface area contributed by atoms with Gasteiger partial charge >= 0.3 is 0 Å². The van der Waals surface area contributed by atoms with Crippen molar-refractivity contribution in [1.29, 1.82) is 0 Å². The van der Waals surface area contributed by atoms with E-state index in [4.69, 9.17) is 11.5 Å². The first-order valence-electron chi connectivity index (χ1n) is 5.39. The molecule has 7 heteroatoms. The molecule has 0 fully saturated rings. The lowest BCUT2D eigenvalue weighted by atomic mass is 10.2. The molecule has 0 aliphatic rings. The van der Waals surface area contributed by atoms with Gasteiger partial charge in [0.25, 0.3) is 0 Å². The Morgan fingerprint density at radius 3 is 2.56 bits per heavy atom. The first-order chi connectivity index (χ1) is 8.22. The van der Waals surface area contributed by atoms with Crippen LogP contribution >= 0.6 is 0 Å². The molecule has 1 aromatic carbocycles. The highest BCUT2D eigenvalue weighted by molar-refractivity contribution is 7.89. The monoisotopic (exact) mass is 271 g/mol. The molecule has 1 unspecified atom stereocenters. The number of carbonyl (C=O) groups is 1. The molecule has 5 N–H and O–H groups in total. The normalized spacial score (nSPS) is 13.2. The van der Waals surface area contributed by atoms with Crippen LogP contribution < -0.4 is 16.2 Å². The number of carbonyl (C=O) groups excluding carboxylic acids is 1. The van der Waals surface area contributed by atoms with Crippen LogP contribution in [-0.4, -0.2) is 20.4 Å². The number of hydrogen-bond acceptors (Lipinski definition) is 4. The zero-order valence-electron chi connectivity index (χ0n) is 10.3. The van der Waals surface area contributed by atoms with Crippen molar-refractivity contribution in [2.75, 3.05) is 5.73 Å². The van der Waals surface area contributed by atoms with Crippen molar-refractivity contribution in [2.45, 2.75) is 31.2 Å². The third-order valence-electron chi connectivity index (χ3n) is 2.42. The minimum Gasteiger partial charge on any atom is -0.398 e. The van der Waals surface area contributed by atoms with E-state index in [1.54, 1.807) is 19.9 Å². The molecule has 1 rings (SSSR count). The number of amides is 1. The molecule has 100 valence electrons. The van der Waals surface area contributed by atoms with Gasteiger partial charge in [-0.15, -0.1) is 0 Å². The lowest BCUT2D eigenvalue weighted by molar-refractivity contribution is -0.118. The maximum atomic E-state index is 12.0. The molecule has 18 heavy (non-hydrogen) atoms. The van der Waals surface area contributed by atoms with Crippen molar-refractivity contribution in [3.05, 3.63) is 23.8 Å². The van der Waals surface area contributed by atoms with Gasteiger partial charge in [0, 0.05) is 18.2 Å². The number of hydrogen-bond donors (Lipinski definition) is 3. The second-order valence-corrected chi connectivity index (χ2v) is 5.93. The van der Waals surface area contributed by atoms with Crippen molar-refractivity contribution in [2.24, 2.45) is 5.73 Å². The second-order valence-electron chi connectivity index (χ2n) is 4.21. The molecular formula is C11H17N3O3S. The van der Waals surface area contributed by atoms with Crippen LogP contribution in [0, 0.1) is 6.92 Å². The maximum absolute atomic E-state index is 12.0. The van der Waals surface area contributed by atoms with Crippen molar-refractivity contribution < 1.29 is 13.2 Å². The number of anilines is 1. The summed E-state index contributed by atoms with van der Waals surface area (Å²) in [6.07, 6.45) is -0.0550. The van der Waals surface area contributed by atoms with E-state index >= 15 is 0 Å². The first kappa shape index (κ1) is 14.5. The summed E-state index contributed by atoms with van der Waals surface area (Å²) in [4.78, 5) is 10.8. The van der Waals surface area contributed by atoms with Gasteiger partial charge in [-0.1, -0.05) is 6.07 Å². The zero-order chi connectivity index (χ0) is 13.9. The molecule has 0 aromatic heterocycles. The molecule has 0 spiro atoms. The molecule has 0 radical (unpaired) electrons. The average Bonchev–Trinajstić information content (AvgIpc) is 2.19. The Labute approximate surface area is 106 Å². The standard InChI is InChI=1S/C11H17N3O3S/c1-7-3-4-9(6-10(7)12)18(16,17)14-8(2)5-11(13)15/h3-4,6,8,14H,5,12H2,1-2H3,(H2,13,15). The minimum absolute atomic E-state index is 0.0550. The number of sulfonamides is 1. The predicted octanol–water partition coefficient (Wildman–Crippen LogP) is 0.119. The molecule has 1 aromatic rings. The van der Waals surface area contributed by atoms with Gasteiger partial charge in [-0.3, -0.25) is 4.79 Å². The van der Waals surface area contributed by atoms with E-state index in [-0.39, 0.29) is 11.3 Å². The summed E-state index contributed by atoms with van der Waals surface area (Å²) in [5.74, 6) is -0.561. The van der Waals surface area contributed by atoms with Crippen LogP contribution in [0.2, 0.25) is 0 Å². The molecule has 0 bridgehead atoms. The number of nitrogens with one attached hydrogen (secondary N) is 1. The Balaban J connectivity index is 2.92. The number of aryl methyl sites for hydroxylation is 1. The quantitative estimate of drug-likeness (QED) is 0.659. The predicted molar refractivity (Wildman–Crippen MR) is 69.2 cm³/mol. The van der Waals surface area contributed by atoms with Crippen molar-refractivity contribution >= 4 is 21.6 Å². The molecule has 1 amide bonds. The Bertz CT molecular complexity index is 555. The van der Waals surface area contributed by atoms with Crippen molar-refractivity contribution in [1.82, 2.24) is 4.72 Å². The van der Waals surface area contributed by atoms with Gasteiger partial charge in [-0.2, -0.15) is 0 Å². The molecule has 1 atom stereocenters. The molecule has 0 saturated carbocycles. The van der Waals surface area contributed by atoms with Gasteiger partial charge in [0.2, 0.25) is 15.9 Å². The lowest BCUT2D eigenvalue weighted by Gasteiger charge is -2.13. The zero-order valence-corrected chi connectivity index (χ0v) is 11.1. The van der Waals surface area contributed by atoms with E-state index in [0.717, 1.165) is 5.56 Å². The number of primary amides is 1. The summed E-state index contributed by atoms with van der Waals surface area (Å²) in [6.45, 7) is 3.36. The summed E-state index contributed by atoms with van der Waals surface area (Å²) >= 11 is 0. The SMILES string of the molecule is Cc1ccc(S(=O)(=O)NC(C)CC(N)=O)cc1N. The van der Waals surface area contributed by atoms with E-state index in [9.17, 15) is 13.2 Å². The van der Waals surface area contributed by atoms with E-state index < -0.39 is 22.0 Å². The van der Waals surface area contributed by atoms with E-state index in [1.165, 1.54) is 12.1 Å². The number of benzene rings is 1. The number of nitrogens with two attached hydrogens (primary N) is 2. The first-order valence-corrected chi connectivity index (χ1v) is 6.87. The van der Waals surface area contributed by atoms with Gasteiger partial charge in [0.05, 0.1) is 4.90 Å². The second kappa shape index (κ2) is 5.36.